The van der Waals surface area contributed by atoms with Crippen molar-refractivity contribution < 1.29 is 4.79 Å². The maximum atomic E-state index is 11.7. The summed E-state index contributed by atoms with van der Waals surface area (Å²) in [7, 11) is 3.51. The fraction of sp³-hybridized carbons (Fsp3) is 0.133. The molecule has 2 aromatic rings. The molecule has 0 spiro atoms. The third kappa shape index (κ3) is 2.53. The van der Waals surface area contributed by atoms with E-state index >= 15 is 0 Å². The van der Waals surface area contributed by atoms with Crippen LogP contribution in [0, 0.1) is 6.07 Å². The van der Waals surface area contributed by atoms with E-state index in [4.69, 9.17) is 0 Å². The van der Waals surface area contributed by atoms with Gasteiger partial charge in [0.15, 0.2) is 0 Å². The standard InChI is InChI=1S/C15H14NO/c1-16(2)15(17)14-10-8-13(9-11-14)12-6-4-3-5-7-12/h4-11H,1-2H3. The van der Waals surface area contributed by atoms with Crippen LogP contribution in [0.15, 0.2) is 48.5 Å². The fourth-order valence-corrected chi connectivity index (χ4v) is 1.64. The van der Waals surface area contributed by atoms with Gasteiger partial charge in [0.05, 0.1) is 0 Å². The number of amides is 1. The molecule has 0 aliphatic carbocycles. The lowest BCUT2D eigenvalue weighted by molar-refractivity contribution is 0.0827. The van der Waals surface area contributed by atoms with Crippen LogP contribution >= 0.6 is 0 Å². The van der Waals surface area contributed by atoms with Crippen LogP contribution in [0.2, 0.25) is 0 Å². The van der Waals surface area contributed by atoms with E-state index in [1.54, 1.807) is 19.0 Å². The van der Waals surface area contributed by atoms with Gasteiger partial charge in [-0.3, -0.25) is 4.79 Å². The number of nitrogens with zero attached hydrogens (tertiary/aromatic N) is 1. The van der Waals surface area contributed by atoms with Crippen molar-refractivity contribution in [3.63, 3.8) is 0 Å². The zero-order valence-corrected chi connectivity index (χ0v) is 9.97. The highest BCUT2D eigenvalue weighted by atomic mass is 16.2. The average Bonchev–Trinajstić information content (AvgIpc) is 2.39. The van der Waals surface area contributed by atoms with Gasteiger partial charge in [-0.2, -0.15) is 0 Å². The molecular weight excluding hydrogens is 210 g/mol. The Bertz CT molecular complexity index is 500. The molecule has 1 radical (unpaired) electrons. The van der Waals surface area contributed by atoms with Crippen molar-refractivity contribution in [2.75, 3.05) is 14.1 Å². The molecular formula is C15H14NO. The number of carbonyl (C=O) groups excluding carboxylic acids is 1. The lowest BCUT2D eigenvalue weighted by Crippen LogP contribution is -2.21. The fourth-order valence-electron chi connectivity index (χ4n) is 1.64. The zero-order chi connectivity index (χ0) is 12.3. The number of benzene rings is 2. The minimum absolute atomic E-state index is 0.0259. The molecule has 0 saturated carbocycles. The van der Waals surface area contributed by atoms with Gasteiger partial charge in [0.2, 0.25) is 0 Å². The molecule has 1 amide bonds. The zero-order valence-electron chi connectivity index (χ0n) is 9.97. The van der Waals surface area contributed by atoms with Crippen LogP contribution in [0.5, 0.6) is 0 Å². The molecule has 17 heavy (non-hydrogen) atoms. The maximum Gasteiger partial charge on any atom is 0.253 e. The number of hydrogen-bond acceptors (Lipinski definition) is 1. The van der Waals surface area contributed by atoms with Crippen molar-refractivity contribution in [2.24, 2.45) is 0 Å². The molecule has 0 heterocycles. The predicted molar refractivity (Wildman–Crippen MR) is 68.7 cm³/mol. The molecule has 0 atom stereocenters. The van der Waals surface area contributed by atoms with Gasteiger partial charge in [-0.25, -0.2) is 0 Å². The largest absolute Gasteiger partial charge is 0.345 e. The van der Waals surface area contributed by atoms with E-state index in [0.29, 0.717) is 5.56 Å². The Morgan fingerprint density at radius 2 is 1.47 bits per heavy atom. The molecule has 0 bridgehead atoms. The molecule has 0 unspecified atom stereocenters. The molecule has 2 nitrogen and oxygen atoms in total. The number of rotatable bonds is 2. The maximum absolute atomic E-state index is 11.7. The summed E-state index contributed by atoms with van der Waals surface area (Å²) in [6.45, 7) is 0. The first-order valence-corrected chi connectivity index (χ1v) is 5.46. The highest BCUT2D eigenvalue weighted by Gasteiger charge is 2.07. The van der Waals surface area contributed by atoms with Crippen LogP contribution in [0.3, 0.4) is 0 Å². The topological polar surface area (TPSA) is 20.3 Å². The van der Waals surface area contributed by atoms with Crippen molar-refractivity contribution in [1.82, 2.24) is 4.90 Å². The smallest absolute Gasteiger partial charge is 0.253 e. The summed E-state index contributed by atoms with van der Waals surface area (Å²) in [4.78, 5) is 13.3. The average molecular weight is 224 g/mol. The highest BCUT2D eigenvalue weighted by molar-refractivity contribution is 5.94. The minimum Gasteiger partial charge on any atom is -0.345 e. The molecule has 0 aliphatic rings. The van der Waals surface area contributed by atoms with Gasteiger partial charge in [-0.1, -0.05) is 36.4 Å². The monoisotopic (exact) mass is 224 g/mol. The summed E-state index contributed by atoms with van der Waals surface area (Å²) in [6.07, 6.45) is 0. The molecule has 0 aromatic heterocycles. The SMILES string of the molecule is CN(C)C(=O)c1ccc(-c2cc[c]cc2)cc1. The summed E-state index contributed by atoms with van der Waals surface area (Å²) in [6, 6.07) is 18.4. The van der Waals surface area contributed by atoms with Crippen molar-refractivity contribution >= 4 is 5.91 Å². The molecule has 0 aliphatic heterocycles. The van der Waals surface area contributed by atoms with Gasteiger partial charge in [0, 0.05) is 19.7 Å². The van der Waals surface area contributed by atoms with E-state index < -0.39 is 0 Å². The first-order valence-electron chi connectivity index (χ1n) is 5.46. The summed E-state index contributed by atoms with van der Waals surface area (Å²) >= 11 is 0. The molecule has 2 aromatic carbocycles. The normalized spacial score (nSPS) is 10.0. The summed E-state index contributed by atoms with van der Waals surface area (Å²) in [5, 5.41) is 0. The van der Waals surface area contributed by atoms with E-state index in [0.717, 1.165) is 11.1 Å². The Balaban J connectivity index is 2.28. The van der Waals surface area contributed by atoms with Crippen LogP contribution < -0.4 is 0 Å². The Labute approximate surface area is 102 Å². The lowest BCUT2D eigenvalue weighted by atomic mass is 10.0. The predicted octanol–water partition coefficient (Wildman–Crippen LogP) is 2.86. The molecule has 0 N–H and O–H groups in total. The molecule has 0 saturated heterocycles. The first-order chi connectivity index (χ1) is 8.18. The van der Waals surface area contributed by atoms with Crippen molar-refractivity contribution in [3.8, 4) is 11.1 Å². The van der Waals surface area contributed by atoms with Gasteiger partial charge < -0.3 is 4.90 Å². The van der Waals surface area contributed by atoms with Crippen molar-refractivity contribution in [1.29, 1.82) is 0 Å². The van der Waals surface area contributed by atoms with Gasteiger partial charge >= 0.3 is 0 Å². The second kappa shape index (κ2) is 4.83. The van der Waals surface area contributed by atoms with Crippen LogP contribution in [-0.2, 0) is 0 Å². The molecule has 2 heteroatoms. The van der Waals surface area contributed by atoms with Crippen molar-refractivity contribution in [2.45, 2.75) is 0 Å². The van der Waals surface area contributed by atoms with Gasteiger partial charge in [0.1, 0.15) is 0 Å². The van der Waals surface area contributed by atoms with Crippen LogP contribution in [-0.4, -0.2) is 24.9 Å². The quantitative estimate of drug-likeness (QED) is 0.768. The lowest BCUT2D eigenvalue weighted by Gasteiger charge is -2.10. The minimum atomic E-state index is 0.0259. The Kier molecular flexibility index (Phi) is 3.24. The van der Waals surface area contributed by atoms with Crippen LogP contribution in [0.4, 0.5) is 0 Å². The second-order valence-corrected chi connectivity index (χ2v) is 4.07. The number of carbonyl (C=O) groups is 1. The second-order valence-electron chi connectivity index (χ2n) is 4.07. The Morgan fingerprint density at radius 1 is 0.941 bits per heavy atom. The Morgan fingerprint density at radius 3 is 2.00 bits per heavy atom. The van der Waals surface area contributed by atoms with Crippen molar-refractivity contribution in [3.05, 3.63) is 60.2 Å². The molecule has 2 rings (SSSR count). The third-order valence-corrected chi connectivity index (χ3v) is 2.59. The van der Waals surface area contributed by atoms with Gasteiger partial charge in [-0.05, 0) is 29.3 Å². The summed E-state index contributed by atoms with van der Waals surface area (Å²) < 4.78 is 0. The van der Waals surface area contributed by atoms with E-state index in [9.17, 15) is 4.79 Å². The summed E-state index contributed by atoms with van der Waals surface area (Å²) in [5.41, 5.74) is 2.95. The van der Waals surface area contributed by atoms with Gasteiger partial charge in [0.25, 0.3) is 5.91 Å². The van der Waals surface area contributed by atoms with E-state index in [1.807, 2.05) is 48.5 Å². The summed E-state index contributed by atoms with van der Waals surface area (Å²) in [5.74, 6) is 0.0259. The molecule has 85 valence electrons. The molecule has 0 fully saturated rings. The van der Waals surface area contributed by atoms with E-state index in [-0.39, 0.29) is 5.91 Å². The van der Waals surface area contributed by atoms with E-state index in [1.165, 1.54) is 0 Å². The van der Waals surface area contributed by atoms with Gasteiger partial charge in [-0.15, -0.1) is 0 Å². The Hall–Kier alpha value is -2.09. The third-order valence-electron chi connectivity index (χ3n) is 2.59. The highest BCUT2D eigenvalue weighted by Crippen LogP contribution is 2.19. The first kappa shape index (κ1) is 11.4. The van der Waals surface area contributed by atoms with Crippen LogP contribution in [0.1, 0.15) is 10.4 Å². The number of hydrogen-bond donors (Lipinski definition) is 0. The van der Waals surface area contributed by atoms with Crippen LogP contribution in [0.25, 0.3) is 11.1 Å². The van der Waals surface area contributed by atoms with E-state index in [2.05, 4.69) is 6.07 Å².